The number of thiophene rings is 1. The molecule has 0 radical (unpaired) electrons. The number of carbonyl (C=O) groups excluding carboxylic acids is 2. The molecule has 4 rings (SSSR count). The van der Waals surface area contributed by atoms with Gasteiger partial charge in [0.25, 0.3) is 11.8 Å². The van der Waals surface area contributed by atoms with E-state index in [4.69, 9.17) is 9.84 Å². The molecule has 2 amide bonds. The minimum atomic E-state index is -0.792. The predicted octanol–water partition coefficient (Wildman–Crippen LogP) is 4.22. The Labute approximate surface area is 199 Å². The number of nitrogens with one attached hydrogen (secondary N) is 2. The molecule has 1 aromatic heterocycles. The average molecular weight is 485 g/mol. The van der Waals surface area contributed by atoms with Crippen LogP contribution in [0.1, 0.15) is 45.7 Å². The molecule has 9 heteroatoms. The van der Waals surface area contributed by atoms with Crippen molar-refractivity contribution in [2.75, 3.05) is 13.1 Å². The van der Waals surface area contributed by atoms with Gasteiger partial charge < -0.3 is 20.5 Å². The Kier molecular flexibility index (Phi) is 7.42. The first-order valence-electron chi connectivity index (χ1n) is 11.1. The van der Waals surface area contributed by atoms with Gasteiger partial charge in [-0.3, -0.25) is 14.4 Å². The van der Waals surface area contributed by atoms with E-state index in [1.54, 1.807) is 0 Å². The Bertz CT molecular complexity index is 1170. The second-order valence-corrected chi connectivity index (χ2v) is 9.32. The monoisotopic (exact) mass is 484 g/mol. The molecule has 7 nitrogen and oxygen atoms in total. The molecular formula is C25H25FN2O5S. The molecule has 0 saturated heterocycles. The fraction of sp³-hybridized carbons (Fsp3) is 0.320. The van der Waals surface area contributed by atoms with Gasteiger partial charge in [0.05, 0.1) is 22.5 Å². The Morgan fingerprint density at radius 1 is 0.971 bits per heavy atom. The van der Waals surface area contributed by atoms with Gasteiger partial charge in [0.15, 0.2) is 0 Å². The minimum Gasteiger partial charge on any atom is -0.490 e. The molecule has 1 heterocycles. The number of benzene rings is 2. The summed E-state index contributed by atoms with van der Waals surface area (Å²) in [5.41, 5.74) is -0.113. The summed E-state index contributed by atoms with van der Waals surface area (Å²) < 4.78 is 21.3. The Balaban J connectivity index is 1.23. The number of amides is 2. The van der Waals surface area contributed by atoms with Gasteiger partial charge in [-0.15, -0.1) is 11.3 Å². The zero-order valence-corrected chi connectivity index (χ0v) is 19.2. The lowest BCUT2D eigenvalue weighted by Gasteiger charge is -2.26. The lowest BCUT2D eigenvalue weighted by Crippen LogP contribution is -2.34. The second-order valence-electron chi connectivity index (χ2n) is 8.23. The van der Waals surface area contributed by atoms with E-state index in [1.165, 1.54) is 29.5 Å². The summed E-state index contributed by atoms with van der Waals surface area (Å²) in [6, 6.07) is 13.6. The molecule has 2 aromatic carbocycles. The third-order valence-corrected chi connectivity index (χ3v) is 6.97. The van der Waals surface area contributed by atoms with Crippen molar-refractivity contribution < 1.29 is 28.6 Å². The largest absolute Gasteiger partial charge is 0.490 e. The number of hydrogen-bond donors (Lipinski definition) is 3. The van der Waals surface area contributed by atoms with Gasteiger partial charge in [0.1, 0.15) is 11.6 Å². The summed E-state index contributed by atoms with van der Waals surface area (Å²) in [7, 11) is 0. The van der Waals surface area contributed by atoms with E-state index in [9.17, 15) is 18.8 Å². The van der Waals surface area contributed by atoms with Gasteiger partial charge >= 0.3 is 5.97 Å². The zero-order valence-electron chi connectivity index (χ0n) is 18.4. The molecule has 1 aliphatic carbocycles. The fourth-order valence-electron chi connectivity index (χ4n) is 4.00. The van der Waals surface area contributed by atoms with Crippen molar-refractivity contribution in [1.29, 1.82) is 0 Å². The number of carbonyl (C=O) groups is 3. The maximum absolute atomic E-state index is 14.5. The fourth-order valence-corrected chi connectivity index (χ4v) is 4.98. The molecule has 1 saturated carbocycles. The van der Waals surface area contributed by atoms with Gasteiger partial charge in [-0.2, -0.15) is 0 Å². The highest BCUT2D eigenvalue weighted by Gasteiger charge is 2.27. The molecule has 1 aliphatic rings. The van der Waals surface area contributed by atoms with Crippen LogP contribution in [0.15, 0.2) is 48.5 Å². The quantitative estimate of drug-likeness (QED) is 0.415. The van der Waals surface area contributed by atoms with E-state index in [0.717, 1.165) is 10.1 Å². The molecule has 3 N–H and O–H groups in total. The van der Waals surface area contributed by atoms with Crippen LogP contribution >= 0.6 is 11.3 Å². The highest BCUT2D eigenvalue weighted by Crippen LogP contribution is 2.28. The summed E-state index contributed by atoms with van der Waals surface area (Å²) in [6.45, 7) is 0.362. The zero-order chi connectivity index (χ0) is 24.1. The maximum Gasteiger partial charge on any atom is 0.306 e. The minimum absolute atomic E-state index is 0.113. The van der Waals surface area contributed by atoms with Crippen LogP contribution in [0.5, 0.6) is 5.75 Å². The van der Waals surface area contributed by atoms with Crippen LogP contribution in [0.25, 0.3) is 10.1 Å². The van der Waals surface area contributed by atoms with Gasteiger partial charge in [-0.25, -0.2) is 4.39 Å². The lowest BCUT2D eigenvalue weighted by molar-refractivity contribution is -0.143. The number of rotatable bonds is 8. The second kappa shape index (κ2) is 10.6. The van der Waals surface area contributed by atoms with Crippen molar-refractivity contribution in [3.63, 3.8) is 0 Å². The highest BCUT2D eigenvalue weighted by molar-refractivity contribution is 7.20. The Morgan fingerprint density at radius 3 is 2.35 bits per heavy atom. The highest BCUT2D eigenvalue weighted by atomic mass is 32.1. The van der Waals surface area contributed by atoms with E-state index in [-0.39, 0.29) is 36.6 Å². The van der Waals surface area contributed by atoms with Crippen LogP contribution < -0.4 is 15.4 Å². The van der Waals surface area contributed by atoms with E-state index in [2.05, 4.69) is 10.6 Å². The third-order valence-electron chi connectivity index (χ3n) is 5.86. The van der Waals surface area contributed by atoms with Gasteiger partial charge in [-0.05, 0) is 55.3 Å². The van der Waals surface area contributed by atoms with Gasteiger partial charge in [-0.1, -0.05) is 18.2 Å². The Hall–Kier alpha value is -3.46. The number of halogens is 1. The standard InChI is InChI=1S/C25H25FN2O5S/c26-20-14-18(33-17-7-5-15(6-8-17)25(31)32)9-10-19(20)23(29)27-11-12-28-24(30)22-13-16-3-1-2-4-21(16)34-22/h1-4,9-10,13-15,17H,5-8,11-12H2,(H,27,29)(H,28,30)(H,31,32). The predicted molar refractivity (Wildman–Crippen MR) is 127 cm³/mol. The van der Waals surface area contributed by atoms with Crippen LogP contribution in [0.4, 0.5) is 4.39 Å². The van der Waals surface area contributed by atoms with Crippen molar-refractivity contribution in [2.24, 2.45) is 5.92 Å². The first-order chi connectivity index (χ1) is 16.4. The number of aliphatic carboxylic acids is 1. The first kappa shape index (κ1) is 23.7. The van der Waals surface area contributed by atoms with Gasteiger partial charge in [0, 0.05) is 23.9 Å². The average Bonchev–Trinajstić information content (AvgIpc) is 3.26. The number of fused-ring (bicyclic) bond motifs is 1. The summed E-state index contributed by atoms with van der Waals surface area (Å²) in [6.07, 6.45) is 2.08. The van der Waals surface area contributed by atoms with Crippen molar-refractivity contribution in [1.82, 2.24) is 10.6 Å². The summed E-state index contributed by atoms with van der Waals surface area (Å²) in [5, 5.41) is 15.4. The molecule has 178 valence electrons. The number of carboxylic acids is 1. The van der Waals surface area contributed by atoms with E-state index in [0.29, 0.717) is 36.3 Å². The van der Waals surface area contributed by atoms with Crippen LogP contribution in [-0.4, -0.2) is 42.1 Å². The molecule has 3 aromatic rings. The van der Waals surface area contributed by atoms with Crippen molar-refractivity contribution in [2.45, 2.75) is 31.8 Å². The van der Waals surface area contributed by atoms with Crippen LogP contribution in [0, 0.1) is 11.7 Å². The summed E-state index contributed by atoms with van der Waals surface area (Å²) >= 11 is 1.40. The smallest absolute Gasteiger partial charge is 0.306 e. The number of hydrogen-bond acceptors (Lipinski definition) is 5. The molecule has 0 atom stereocenters. The molecule has 1 fully saturated rings. The van der Waals surface area contributed by atoms with Crippen LogP contribution in [0.2, 0.25) is 0 Å². The molecule has 34 heavy (non-hydrogen) atoms. The molecule has 0 bridgehead atoms. The van der Waals surface area contributed by atoms with Crippen LogP contribution in [0.3, 0.4) is 0 Å². The molecular weight excluding hydrogens is 459 g/mol. The van der Waals surface area contributed by atoms with E-state index in [1.807, 2.05) is 30.3 Å². The van der Waals surface area contributed by atoms with Crippen LogP contribution in [-0.2, 0) is 4.79 Å². The molecule has 0 spiro atoms. The van der Waals surface area contributed by atoms with Crippen molar-refractivity contribution in [3.05, 3.63) is 64.8 Å². The Morgan fingerprint density at radius 2 is 1.68 bits per heavy atom. The van der Waals surface area contributed by atoms with Gasteiger partial charge in [0.2, 0.25) is 0 Å². The SMILES string of the molecule is O=C(NCCNC(=O)c1ccc(OC2CCC(C(=O)O)CC2)cc1F)c1cc2ccccc2s1. The van der Waals surface area contributed by atoms with E-state index >= 15 is 0 Å². The van der Waals surface area contributed by atoms with E-state index < -0.39 is 17.7 Å². The third kappa shape index (κ3) is 5.72. The van der Waals surface area contributed by atoms with Crippen molar-refractivity contribution >= 4 is 39.2 Å². The lowest BCUT2D eigenvalue weighted by atomic mass is 9.87. The summed E-state index contributed by atoms with van der Waals surface area (Å²) in [5.74, 6) is -2.34. The van der Waals surface area contributed by atoms with Crippen molar-refractivity contribution in [3.8, 4) is 5.75 Å². The number of ether oxygens (including phenoxy) is 1. The normalized spacial score (nSPS) is 17.8. The summed E-state index contributed by atoms with van der Waals surface area (Å²) in [4.78, 5) is 36.3. The molecule has 0 unspecified atom stereocenters. The first-order valence-corrected chi connectivity index (χ1v) is 12.0. The maximum atomic E-state index is 14.5. The molecule has 0 aliphatic heterocycles. The number of carboxylic acid groups (broad SMARTS) is 1. The topological polar surface area (TPSA) is 105 Å².